The van der Waals surface area contributed by atoms with Crippen molar-refractivity contribution in [2.45, 2.75) is 39.5 Å². The van der Waals surface area contributed by atoms with Gasteiger partial charge in [0, 0.05) is 24.7 Å². The van der Waals surface area contributed by atoms with Gasteiger partial charge in [-0.15, -0.1) is 0 Å². The lowest BCUT2D eigenvalue weighted by atomic mass is 9.83. The van der Waals surface area contributed by atoms with Crippen molar-refractivity contribution < 1.29 is 9.53 Å². The van der Waals surface area contributed by atoms with Gasteiger partial charge in [0.1, 0.15) is 0 Å². The highest BCUT2D eigenvalue weighted by atomic mass is 16.5. The lowest BCUT2D eigenvalue weighted by Crippen LogP contribution is -2.31. The minimum absolute atomic E-state index is 0.134. The van der Waals surface area contributed by atoms with Gasteiger partial charge in [0.25, 0.3) is 0 Å². The Morgan fingerprint density at radius 1 is 1.32 bits per heavy atom. The van der Waals surface area contributed by atoms with E-state index in [1.165, 1.54) is 18.4 Å². The molecule has 2 heteroatoms. The molecule has 1 aliphatic heterocycles. The Balaban J connectivity index is 2.02. The summed E-state index contributed by atoms with van der Waals surface area (Å²) in [6.45, 7) is 5.74. The summed E-state index contributed by atoms with van der Waals surface area (Å²) in [5.74, 6) is 0.758. The second kappa shape index (κ2) is 6.85. The molecule has 0 amide bonds. The zero-order chi connectivity index (χ0) is 13.7. The molecule has 0 aromatic heterocycles. The highest BCUT2D eigenvalue weighted by molar-refractivity contribution is 5.98. The van der Waals surface area contributed by atoms with Crippen LogP contribution in [0.2, 0.25) is 0 Å². The maximum Gasteiger partial charge on any atom is 0.166 e. The fourth-order valence-corrected chi connectivity index (χ4v) is 2.70. The third-order valence-corrected chi connectivity index (χ3v) is 4.04. The monoisotopic (exact) mass is 260 g/mol. The van der Waals surface area contributed by atoms with E-state index in [4.69, 9.17) is 4.74 Å². The standard InChI is InChI=1S/C17H24O2/c1-3-4-5-14-6-8-15(9-7-14)17(18)16-10-11-19-12-13(16)2/h6-9,13,16H,3-5,10-12H2,1-2H3. The first-order valence-corrected chi connectivity index (χ1v) is 7.43. The van der Waals surface area contributed by atoms with E-state index >= 15 is 0 Å². The van der Waals surface area contributed by atoms with Crippen molar-refractivity contribution in [2.24, 2.45) is 11.8 Å². The Morgan fingerprint density at radius 3 is 2.68 bits per heavy atom. The maximum atomic E-state index is 12.5. The van der Waals surface area contributed by atoms with Gasteiger partial charge in [-0.25, -0.2) is 0 Å². The van der Waals surface area contributed by atoms with Crippen LogP contribution in [0.25, 0.3) is 0 Å². The zero-order valence-corrected chi connectivity index (χ0v) is 12.0. The number of carbonyl (C=O) groups excluding carboxylic acids is 1. The summed E-state index contributed by atoms with van der Waals surface area (Å²) in [6.07, 6.45) is 4.39. The first-order valence-electron chi connectivity index (χ1n) is 7.43. The summed E-state index contributed by atoms with van der Waals surface area (Å²) in [4.78, 5) is 12.5. The average Bonchev–Trinajstić information content (AvgIpc) is 2.45. The smallest absolute Gasteiger partial charge is 0.166 e. The number of unbranched alkanes of at least 4 members (excludes halogenated alkanes) is 1. The molecule has 0 bridgehead atoms. The van der Waals surface area contributed by atoms with Crippen LogP contribution in [0.3, 0.4) is 0 Å². The predicted molar refractivity (Wildman–Crippen MR) is 77.5 cm³/mol. The van der Waals surface area contributed by atoms with Crippen LogP contribution >= 0.6 is 0 Å². The SMILES string of the molecule is CCCCc1ccc(C(=O)C2CCOCC2C)cc1. The molecule has 1 aromatic rings. The number of rotatable bonds is 5. The number of ether oxygens (including phenoxy) is 1. The molecule has 2 nitrogen and oxygen atoms in total. The van der Waals surface area contributed by atoms with Crippen molar-refractivity contribution in [2.75, 3.05) is 13.2 Å². The minimum Gasteiger partial charge on any atom is -0.381 e. The molecule has 2 unspecified atom stereocenters. The first kappa shape index (κ1) is 14.3. The molecular formula is C17H24O2. The van der Waals surface area contributed by atoms with E-state index < -0.39 is 0 Å². The largest absolute Gasteiger partial charge is 0.381 e. The lowest BCUT2D eigenvalue weighted by molar-refractivity contribution is 0.0241. The lowest BCUT2D eigenvalue weighted by Gasteiger charge is -2.27. The second-order valence-corrected chi connectivity index (χ2v) is 5.61. The summed E-state index contributed by atoms with van der Waals surface area (Å²) < 4.78 is 5.41. The normalized spacial score (nSPS) is 23.3. The van der Waals surface area contributed by atoms with Crippen LogP contribution in [0, 0.1) is 11.8 Å². The molecule has 0 aliphatic carbocycles. The number of hydrogen-bond donors (Lipinski definition) is 0. The zero-order valence-electron chi connectivity index (χ0n) is 12.0. The Bertz CT molecular complexity index is 408. The number of aryl methyl sites for hydroxylation is 1. The molecule has 1 aliphatic rings. The summed E-state index contributed by atoms with van der Waals surface area (Å²) >= 11 is 0. The topological polar surface area (TPSA) is 26.3 Å². The summed E-state index contributed by atoms with van der Waals surface area (Å²) in [6, 6.07) is 8.20. The molecular weight excluding hydrogens is 236 g/mol. The number of ketones is 1. The third kappa shape index (κ3) is 3.66. The van der Waals surface area contributed by atoms with Gasteiger partial charge in [-0.1, -0.05) is 44.5 Å². The fourth-order valence-electron chi connectivity index (χ4n) is 2.70. The molecule has 104 valence electrons. The van der Waals surface area contributed by atoms with Gasteiger partial charge < -0.3 is 4.74 Å². The van der Waals surface area contributed by atoms with Crippen LogP contribution in [0.4, 0.5) is 0 Å². The Hall–Kier alpha value is -1.15. The Kier molecular flexibility index (Phi) is 5.15. The van der Waals surface area contributed by atoms with Gasteiger partial charge in [-0.2, -0.15) is 0 Å². The summed E-state index contributed by atoms with van der Waals surface area (Å²) in [5.41, 5.74) is 2.19. The van der Waals surface area contributed by atoms with Crippen molar-refractivity contribution in [3.63, 3.8) is 0 Å². The predicted octanol–water partition coefficient (Wildman–Crippen LogP) is 3.88. The van der Waals surface area contributed by atoms with Crippen LogP contribution in [0.1, 0.15) is 49.0 Å². The highest BCUT2D eigenvalue weighted by Gasteiger charge is 2.28. The van der Waals surface area contributed by atoms with Crippen molar-refractivity contribution >= 4 is 5.78 Å². The maximum absolute atomic E-state index is 12.5. The van der Waals surface area contributed by atoms with E-state index in [2.05, 4.69) is 26.0 Å². The molecule has 2 atom stereocenters. The van der Waals surface area contributed by atoms with Crippen molar-refractivity contribution in [3.05, 3.63) is 35.4 Å². The van der Waals surface area contributed by atoms with Gasteiger partial charge >= 0.3 is 0 Å². The van der Waals surface area contributed by atoms with Crippen molar-refractivity contribution in [3.8, 4) is 0 Å². The van der Waals surface area contributed by atoms with Gasteiger partial charge in [0.15, 0.2) is 5.78 Å². The third-order valence-electron chi connectivity index (χ3n) is 4.04. The van der Waals surface area contributed by atoms with Gasteiger partial charge in [0.05, 0.1) is 0 Å². The molecule has 0 spiro atoms. The Labute approximate surface area is 116 Å². The van der Waals surface area contributed by atoms with Crippen molar-refractivity contribution in [1.82, 2.24) is 0 Å². The number of hydrogen-bond acceptors (Lipinski definition) is 2. The molecule has 1 heterocycles. The quantitative estimate of drug-likeness (QED) is 0.751. The van der Waals surface area contributed by atoms with Crippen LogP contribution < -0.4 is 0 Å². The van der Waals surface area contributed by atoms with Crippen LogP contribution in [-0.2, 0) is 11.2 Å². The average molecular weight is 260 g/mol. The minimum atomic E-state index is 0.134. The van der Waals surface area contributed by atoms with E-state index in [-0.39, 0.29) is 11.7 Å². The molecule has 1 fully saturated rings. The van der Waals surface area contributed by atoms with Crippen LogP contribution in [0.5, 0.6) is 0 Å². The van der Waals surface area contributed by atoms with Gasteiger partial charge in [0.2, 0.25) is 0 Å². The molecule has 1 aromatic carbocycles. The fraction of sp³-hybridized carbons (Fsp3) is 0.588. The molecule has 0 radical (unpaired) electrons. The molecule has 0 N–H and O–H groups in total. The molecule has 19 heavy (non-hydrogen) atoms. The Morgan fingerprint density at radius 2 is 2.05 bits per heavy atom. The molecule has 2 rings (SSSR count). The van der Waals surface area contributed by atoms with E-state index in [1.807, 2.05) is 12.1 Å². The second-order valence-electron chi connectivity index (χ2n) is 5.61. The van der Waals surface area contributed by atoms with Gasteiger partial charge in [-0.05, 0) is 30.7 Å². The first-order chi connectivity index (χ1) is 9.22. The number of Topliss-reactive ketones (excluding diaryl/α,β-unsaturated/α-hetero) is 1. The van der Waals surface area contributed by atoms with Crippen molar-refractivity contribution in [1.29, 1.82) is 0 Å². The van der Waals surface area contributed by atoms with E-state index in [9.17, 15) is 4.79 Å². The summed E-state index contributed by atoms with van der Waals surface area (Å²) in [7, 11) is 0. The van der Waals surface area contributed by atoms with Crippen LogP contribution in [0.15, 0.2) is 24.3 Å². The number of carbonyl (C=O) groups is 1. The molecule has 1 saturated heterocycles. The van der Waals surface area contributed by atoms with E-state index in [1.54, 1.807) is 0 Å². The summed E-state index contributed by atoms with van der Waals surface area (Å²) in [5, 5.41) is 0. The number of benzene rings is 1. The molecule has 0 saturated carbocycles. The highest BCUT2D eigenvalue weighted by Crippen LogP contribution is 2.25. The van der Waals surface area contributed by atoms with E-state index in [0.717, 1.165) is 25.0 Å². The van der Waals surface area contributed by atoms with E-state index in [0.29, 0.717) is 12.5 Å². The van der Waals surface area contributed by atoms with Crippen LogP contribution in [-0.4, -0.2) is 19.0 Å². The van der Waals surface area contributed by atoms with Gasteiger partial charge in [-0.3, -0.25) is 4.79 Å².